The summed E-state index contributed by atoms with van der Waals surface area (Å²) in [6.45, 7) is 0. The fraction of sp³-hybridized carbons (Fsp3) is 0. The van der Waals surface area contributed by atoms with Crippen LogP contribution in [0, 0.1) is 0 Å². The molecule has 0 aromatic heterocycles. The van der Waals surface area contributed by atoms with E-state index in [1.54, 1.807) is 0 Å². The Bertz CT molecular complexity index is 501. The number of fused-ring (bicyclic) bond motifs is 2. The van der Waals surface area contributed by atoms with Crippen LogP contribution in [0.4, 0.5) is 11.4 Å². The Hall–Kier alpha value is -2.50. The van der Waals surface area contributed by atoms with Crippen LogP contribution in [0.1, 0.15) is 11.1 Å². The molecule has 0 amide bonds. The van der Waals surface area contributed by atoms with Gasteiger partial charge < -0.3 is 31.9 Å². The predicted octanol–water partition coefficient (Wildman–Crippen LogP) is 1.43. The lowest BCUT2D eigenvalue weighted by molar-refractivity contribution is 0.304. The van der Waals surface area contributed by atoms with E-state index in [1.807, 2.05) is 0 Å². The lowest BCUT2D eigenvalue weighted by atomic mass is 10.0. The summed E-state index contributed by atoms with van der Waals surface area (Å²) >= 11 is 0. The van der Waals surface area contributed by atoms with E-state index in [2.05, 4.69) is 0 Å². The molecule has 0 aliphatic heterocycles. The topological polar surface area (TPSA) is 133 Å². The molecule has 1 aromatic carbocycles. The lowest BCUT2D eigenvalue weighted by Gasteiger charge is -2.08. The van der Waals surface area contributed by atoms with Gasteiger partial charge >= 0.3 is 0 Å². The third-order valence-electron chi connectivity index (χ3n) is 2.39. The van der Waals surface area contributed by atoms with E-state index in [0.717, 1.165) is 0 Å². The number of benzene rings is 1. The van der Waals surface area contributed by atoms with Crippen molar-refractivity contribution in [3.63, 3.8) is 0 Å². The van der Waals surface area contributed by atoms with E-state index in [1.165, 1.54) is 12.1 Å². The second kappa shape index (κ2) is 2.99. The monoisotopic (exact) mass is 222 g/mol. The van der Waals surface area contributed by atoms with Crippen molar-refractivity contribution in [3.8, 4) is 0 Å². The molecular formula is C10H10N2O4. The zero-order valence-electron chi connectivity index (χ0n) is 8.10. The molecule has 6 nitrogen and oxygen atoms in total. The molecule has 0 heterocycles. The minimum absolute atomic E-state index is 0.0276. The van der Waals surface area contributed by atoms with E-state index >= 15 is 0 Å². The number of aliphatic hydroxyl groups is 4. The van der Waals surface area contributed by atoms with Gasteiger partial charge in [0.25, 0.3) is 0 Å². The maximum absolute atomic E-state index is 9.60. The van der Waals surface area contributed by atoms with Gasteiger partial charge in [-0.1, -0.05) is 0 Å². The molecule has 84 valence electrons. The minimum atomic E-state index is -0.843. The van der Waals surface area contributed by atoms with Crippen molar-refractivity contribution in [2.24, 2.45) is 0 Å². The number of hydrogen-bond acceptors (Lipinski definition) is 6. The number of aliphatic hydroxyl groups excluding tert-OH is 4. The summed E-state index contributed by atoms with van der Waals surface area (Å²) in [6, 6.07) is 2.66. The smallest absolute Gasteiger partial charge is 0.205 e. The number of rotatable bonds is 0. The summed E-state index contributed by atoms with van der Waals surface area (Å²) in [5.41, 5.74) is 11.6. The molecule has 0 radical (unpaired) electrons. The van der Waals surface area contributed by atoms with Crippen molar-refractivity contribution in [3.05, 3.63) is 34.8 Å². The Morgan fingerprint density at radius 1 is 0.688 bits per heavy atom. The van der Waals surface area contributed by atoms with Crippen LogP contribution in [0.3, 0.4) is 0 Å². The highest BCUT2D eigenvalue weighted by Crippen LogP contribution is 2.37. The van der Waals surface area contributed by atoms with Crippen molar-refractivity contribution >= 4 is 22.9 Å². The molecule has 16 heavy (non-hydrogen) atoms. The molecule has 0 fully saturated rings. The average molecular weight is 222 g/mol. The first kappa shape index (κ1) is 10.0. The van der Waals surface area contributed by atoms with Crippen LogP contribution in [0.15, 0.2) is 23.7 Å². The largest absolute Gasteiger partial charge is 0.504 e. The fourth-order valence-electron chi connectivity index (χ4n) is 1.55. The van der Waals surface area contributed by atoms with Crippen LogP contribution < -0.4 is 11.5 Å². The quantitative estimate of drug-likeness (QED) is 0.368. The second-order valence-corrected chi connectivity index (χ2v) is 3.42. The van der Waals surface area contributed by atoms with Gasteiger partial charge in [-0.05, 0) is 12.1 Å². The maximum Gasteiger partial charge on any atom is 0.205 e. The molecule has 2 bridgehead atoms. The summed E-state index contributed by atoms with van der Waals surface area (Å²) in [5.74, 6) is -2.95. The molecule has 6 heteroatoms. The van der Waals surface area contributed by atoms with Gasteiger partial charge in [0.1, 0.15) is 0 Å². The van der Waals surface area contributed by atoms with Crippen molar-refractivity contribution in [1.82, 2.24) is 0 Å². The van der Waals surface area contributed by atoms with E-state index in [-0.39, 0.29) is 22.5 Å². The standard InChI is InChI=1S/C10H10N2O4/c11-3-1-4-6(12)5(2-3)8(14)10(16)9(15)7(4)13/h1-2,13-16H,11-12H2. The highest BCUT2D eigenvalue weighted by molar-refractivity contribution is 5.89. The molecule has 0 atom stereocenters. The number of nitrogen functional groups attached to an aromatic ring is 2. The normalized spacial score (nSPS) is 15.2. The molecule has 2 rings (SSSR count). The van der Waals surface area contributed by atoms with Crippen molar-refractivity contribution in [2.45, 2.75) is 0 Å². The SMILES string of the molecule is Nc1cc2c(N)c(c1)C(O)=C(O)C(O)=C2O. The van der Waals surface area contributed by atoms with Gasteiger partial charge in [0.15, 0.2) is 11.5 Å². The van der Waals surface area contributed by atoms with Crippen LogP contribution in [0.25, 0.3) is 11.5 Å². The zero-order chi connectivity index (χ0) is 12.0. The molecule has 0 saturated heterocycles. The van der Waals surface area contributed by atoms with Crippen molar-refractivity contribution in [2.75, 3.05) is 11.5 Å². The Kier molecular flexibility index (Phi) is 1.88. The molecular weight excluding hydrogens is 212 g/mol. The number of nitrogens with two attached hydrogens (primary N) is 2. The van der Waals surface area contributed by atoms with Gasteiger partial charge in [-0.15, -0.1) is 0 Å². The van der Waals surface area contributed by atoms with Gasteiger partial charge in [-0.25, -0.2) is 0 Å². The van der Waals surface area contributed by atoms with Crippen LogP contribution >= 0.6 is 0 Å². The Balaban J connectivity index is 2.93. The van der Waals surface area contributed by atoms with Gasteiger partial charge in [-0.2, -0.15) is 0 Å². The summed E-state index contributed by atoms with van der Waals surface area (Å²) in [7, 11) is 0. The van der Waals surface area contributed by atoms with E-state index < -0.39 is 23.0 Å². The van der Waals surface area contributed by atoms with Crippen LogP contribution in [0.2, 0.25) is 0 Å². The van der Waals surface area contributed by atoms with Crippen molar-refractivity contribution in [1.29, 1.82) is 0 Å². The molecule has 0 unspecified atom stereocenters. The average Bonchev–Trinajstić information content (AvgIpc) is 2.30. The van der Waals surface area contributed by atoms with Crippen LogP contribution in [-0.2, 0) is 0 Å². The first-order valence-corrected chi connectivity index (χ1v) is 4.38. The molecule has 1 aliphatic rings. The highest BCUT2D eigenvalue weighted by atomic mass is 16.3. The van der Waals surface area contributed by atoms with E-state index in [9.17, 15) is 20.4 Å². The Morgan fingerprint density at radius 2 is 1.06 bits per heavy atom. The van der Waals surface area contributed by atoms with Gasteiger partial charge in [0.2, 0.25) is 11.5 Å². The zero-order valence-corrected chi connectivity index (χ0v) is 8.10. The summed E-state index contributed by atoms with van der Waals surface area (Å²) in [6.07, 6.45) is 0. The summed E-state index contributed by atoms with van der Waals surface area (Å²) in [4.78, 5) is 0. The second-order valence-electron chi connectivity index (χ2n) is 3.42. The molecule has 1 aromatic rings. The highest BCUT2D eigenvalue weighted by Gasteiger charge is 2.25. The third-order valence-corrected chi connectivity index (χ3v) is 2.39. The Morgan fingerprint density at radius 3 is 1.44 bits per heavy atom. The molecule has 1 aliphatic carbocycles. The molecule has 0 spiro atoms. The number of hydrogen-bond donors (Lipinski definition) is 6. The summed E-state index contributed by atoms with van der Waals surface area (Å²) in [5, 5.41) is 38.1. The van der Waals surface area contributed by atoms with Crippen LogP contribution in [0.5, 0.6) is 0 Å². The lowest BCUT2D eigenvalue weighted by Crippen LogP contribution is -2.00. The number of anilines is 2. The fourth-order valence-corrected chi connectivity index (χ4v) is 1.55. The maximum atomic E-state index is 9.60. The minimum Gasteiger partial charge on any atom is -0.504 e. The Labute approximate surface area is 90.4 Å². The summed E-state index contributed by atoms with van der Waals surface area (Å²) < 4.78 is 0. The molecule has 8 N–H and O–H groups in total. The van der Waals surface area contributed by atoms with Gasteiger partial charge in [-0.3, -0.25) is 0 Å². The predicted molar refractivity (Wildman–Crippen MR) is 59.6 cm³/mol. The third kappa shape index (κ3) is 1.13. The van der Waals surface area contributed by atoms with E-state index in [0.29, 0.717) is 0 Å². The van der Waals surface area contributed by atoms with E-state index in [4.69, 9.17) is 11.5 Å². The first-order chi connectivity index (χ1) is 7.43. The first-order valence-electron chi connectivity index (χ1n) is 4.38. The van der Waals surface area contributed by atoms with Crippen LogP contribution in [-0.4, -0.2) is 20.4 Å². The van der Waals surface area contributed by atoms with Gasteiger partial charge in [0.05, 0.1) is 5.69 Å². The molecule has 0 saturated carbocycles. The van der Waals surface area contributed by atoms with Gasteiger partial charge in [0, 0.05) is 16.8 Å². The van der Waals surface area contributed by atoms with Crippen molar-refractivity contribution < 1.29 is 20.4 Å².